The first-order chi connectivity index (χ1) is 11.1. The number of aliphatic imine (C=N–C) groups is 1. The molecule has 1 aromatic rings. The highest BCUT2D eigenvalue weighted by atomic mass is 127. The number of halogens is 1. The molecule has 0 spiro atoms. The number of nitrogens with one attached hydrogen (secondary N) is 1. The topological polar surface area (TPSA) is 74.2 Å². The van der Waals surface area contributed by atoms with E-state index in [0.717, 1.165) is 44.0 Å². The lowest BCUT2D eigenvalue weighted by atomic mass is 9.97. The van der Waals surface area contributed by atoms with E-state index in [9.17, 15) is 9.90 Å². The molecule has 1 aromatic carbocycles. The van der Waals surface area contributed by atoms with Crippen LogP contribution < -0.4 is 5.32 Å². The highest BCUT2D eigenvalue weighted by molar-refractivity contribution is 14.0. The van der Waals surface area contributed by atoms with E-state index in [-0.39, 0.29) is 41.6 Å². The fourth-order valence-electron chi connectivity index (χ4n) is 2.74. The molecule has 2 rings (SSSR count). The van der Waals surface area contributed by atoms with Gasteiger partial charge in [0.25, 0.3) is 0 Å². The van der Waals surface area contributed by atoms with Gasteiger partial charge in [0.2, 0.25) is 0 Å². The summed E-state index contributed by atoms with van der Waals surface area (Å²) in [5, 5.41) is 12.8. The van der Waals surface area contributed by atoms with Crippen molar-refractivity contribution in [2.24, 2.45) is 10.9 Å². The van der Waals surface area contributed by atoms with Crippen LogP contribution in [0.1, 0.15) is 25.3 Å². The first-order valence-corrected chi connectivity index (χ1v) is 8.03. The number of piperidine rings is 1. The molecular formula is C17H26IN3O3. The molecule has 24 heavy (non-hydrogen) atoms. The summed E-state index contributed by atoms with van der Waals surface area (Å²) < 4.78 is 4.82. The van der Waals surface area contributed by atoms with E-state index >= 15 is 0 Å². The number of methoxy groups -OCH3 is 1. The van der Waals surface area contributed by atoms with E-state index in [1.165, 1.54) is 7.11 Å². The van der Waals surface area contributed by atoms with Crippen molar-refractivity contribution in [1.82, 2.24) is 10.2 Å². The number of rotatable bonds is 4. The third kappa shape index (κ3) is 5.85. The van der Waals surface area contributed by atoms with Gasteiger partial charge in [-0.15, -0.1) is 24.0 Å². The molecule has 0 amide bonds. The number of benzene rings is 1. The van der Waals surface area contributed by atoms with Crippen molar-refractivity contribution < 1.29 is 14.6 Å². The van der Waals surface area contributed by atoms with Crippen LogP contribution in [-0.4, -0.2) is 48.7 Å². The first-order valence-electron chi connectivity index (χ1n) is 8.03. The Morgan fingerprint density at radius 1 is 1.42 bits per heavy atom. The molecule has 6 nitrogen and oxygen atoms in total. The fourth-order valence-corrected chi connectivity index (χ4v) is 2.74. The van der Waals surface area contributed by atoms with Gasteiger partial charge in [-0.25, -0.2) is 4.99 Å². The van der Waals surface area contributed by atoms with E-state index in [1.54, 1.807) is 12.1 Å². The lowest BCUT2D eigenvalue weighted by Gasteiger charge is -2.33. The normalized spacial score (nSPS) is 15.6. The van der Waals surface area contributed by atoms with E-state index in [0.29, 0.717) is 6.54 Å². The second-order valence-electron chi connectivity index (χ2n) is 5.62. The highest BCUT2D eigenvalue weighted by Gasteiger charge is 2.26. The second kappa shape index (κ2) is 10.4. The lowest BCUT2D eigenvalue weighted by Crippen LogP contribution is -2.46. The Kier molecular flexibility index (Phi) is 8.88. The summed E-state index contributed by atoms with van der Waals surface area (Å²) in [6.45, 7) is 4.89. The van der Waals surface area contributed by atoms with Crippen molar-refractivity contribution in [1.29, 1.82) is 0 Å². The Bertz CT molecular complexity index is 558. The SMILES string of the molecule is CCNC(=NCc1cccc(O)c1)N1CCC(C(=O)OC)CC1.I. The number of guanidine groups is 1. The van der Waals surface area contributed by atoms with Gasteiger partial charge in [0.15, 0.2) is 5.96 Å². The van der Waals surface area contributed by atoms with Crippen molar-refractivity contribution in [3.05, 3.63) is 29.8 Å². The molecule has 0 unspecified atom stereocenters. The summed E-state index contributed by atoms with van der Waals surface area (Å²) >= 11 is 0. The third-order valence-corrected chi connectivity index (χ3v) is 3.99. The van der Waals surface area contributed by atoms with Crippen LogP contribution in [0.2, 0.25) is 0 Å². The lowest BCUT2D eigenvalue weighted by molar-refractivity contribution is -0.146. The molecule has 0 atom stereocenters. The zero-order chi connectivity index (χ0) is 16.7. The summed E-state index contributed by atoms with van der Waals surface area (Å²) in [5.74, 6) is 0.970. The number of aromatic hydroxyl groups is 1. The molecule has 2 N–H and O–H groups in total. The predicted molar refractivity (Wildman–Crippen MR) is 105 cm³/mol. The molecule has 0 bridgehead atoms. The molecular weight excluding hydrogens is 421 g/mol. The van der Waals surface area contributed by atoms with E-state index in [4.69, 9.17) is 4.74 Å². The fraction of sp³-hybridized carbons (Fsp3) is 0.529. The summed E-state index contributed by atoms with van der Waals surface area (Å²) in [6, 6.07) is 7.12. The van der Waals surface area contributed by atoms with E-state index in [2.05, 4.69) is 15.2 Å². The number of hydrogen-bond donors (Lipinski definition) is 2. The number of hydrogen-bond acceptors (Lipinski definition) is 4. The van der Waals surface area contributed by atoms with Crippen LogP contribution in [0.25, 0.3) is 0 Å². The van der Waals surface area contributed by atoms with Gasteiger partial charge in [0, 0.05) is 19.6 Å². The number of ether oxygens (including phenoxy) is 1. The average molecular weight is 447 g/mol. The Hall–Kier alpha value is -1.51. The number of nitrogens with zero attached hydrogens (tertiary/aromatic N) is 2. The molecule has 1 saturated heterocycles. The maximum absolute atomic E-state index is 11.6. The number of phenolic OH excluding ortho intramolecular Hbond substituents is 1. The molecule has 0 aliphatic carbocycles. The first kappa shape index (κ1) is 20.5. The quantitative estimate of drug-likeness (QED) is 0.321. The van der Waals surface area contributed by atoms with Gasteiger partial charge in [0.1, 0.15) is 5.75 Å². The number of carbonyl (C=O) groups is 1. The van der Waals surface area contributed by atoms with Gasteiger partial charge >= 0.3 is 5.97 Å². The Balaban J connectivity index is 0.00000288. The zero-order valence-corrected chi connectivity index (χ0v) is 16.5. The molecule has 0 saturated carbocycles. The van der Waals surface area contributed by atoms with Crippen molar-refractivity contribution in [2.75, 3.05) is 26.7 Å². The molecule has 0 radical (unpaired) electrons. The van der Waals surface area contributed by atoms with Gasteiger partial charge in [-0.2, -0.15) is 0 Å². The minimum absolute atomic E-state index is 0. The standard InChI is InChI=1S/C17H25N3O3.HI/c1-3-18-17(19-12-13-5-4-6-15(21)11-13)20-9-7-14(8-10-20)16(22)23-2;/h4-6,11,14,21H,3,7-10,12H2,1-2H3,(H,18,19);1H. The van der Waals surface area contributed by atoms with Crippen LogP contribution in [0.5, 0.6) is 5.75 Å². The summed E-state index contributed by atoms with van der Waals surface area (Å²) in [4.78, 5) is 18.4. The zero-order valence-electron chi connectivity index (χ0n) is 14.2. The van der Waals surface area contributed by atoms with E-state index in [1.807, 2.05) is 19.1 Å². The van der Waals surface area contributed by atoms with E-state index < -0.39 is 0 Å². The molecule has 1 fully saturated rings. The van der Waals surface area contributed by atoms with Crippen molar-refractivity contribution in [3.63, 3.8) is 0 Å². The molecule has 134 valence electrons. The summed E-state index contributed by atoms with van der Waals surface area (Å²) in [7, 11) is 1.44. The third-order valence-electron chi connectivity index (χ3n) is 3.99. The minimum Gasteiger partial charge on any atom is -0.508 e. The Labute approximate surface area is 160 Å². The maximum atomic E-state index is 11.6. The smallest absolute Gasteiger partial charge is 0.308 e. The largest absolute Gasteiger partial charge is 0.508 e. The van der Waals surface area contributed by atoms with Crippen molar-refractivity contribution in [2.45, 2.75) is 26.3 Å². The number of phenols is 1. The number of likely N-dealkylation sites (tertiary alicyclic amines) is 1. The maximum Gasteiger partial charge on any atom is 0.308 e. The van der Waals surface area contributed by atoms with Gasteiger partial charge in [0.05, 0.1) is 19.6 Å². The molecule has 7 heteroatoms. The molecule has 1 aliphatic heterocycles. The predicted octanol–water partition coefficient (Wildman–Crippen LogP) is 2.36. The number of esters is 1. The van der Waals surface area contributed by atoms with Crippen molar-refractivity contribution in [3.8, 4) is 5.75 Å². The molecule has 1 heterocycles. The van der Waals surface area contributed by atoms with Crippen LogP contribution in [-0.2, 0) is 16.1 Å². The second-order valence-corrected chi connectivity index (χ2v) is 5.62. The average Bonchev–Trinajstić information content (AvgIpc) is 2.58. The van der Waals surface area contributed by atoms with Crippen LogP contribution in [0.4, 0.5) is 0 Å². The summed E-state index contributed by atoms with van der Waals surface area (Å²) in [5.41, 5.74) is 0.963. The van der Waals surface area contributed by atoms with Crippen LogP contribution in [0.15, 0.2) is 29.3 Å². The Morgan fingerprint density at radius 3 is 2.71 bits per heavy atom. The van der Waals surface area contributed by atoms with Gasteiger partial charge in [-0.05, 0) is 37.5 Å². The Morgan fingerprint density at radius 2 is 2.12 bits per heavy atom. The number of carbonyl (C=O) groups excluding carboxylic acids is 1. The minimum atomic E-state index is -0.119. The summed E-state index contributed by atoms with van der Waals surface area (Å²) in [6.07, 6.45) is 1.56. The monoisotopic (exact) mass is 447 g/mol. The van der Waals surface area contributed by atoms with Gasteiger partial charge in [-0.3, -0.25) is 4.79 Å². The van der Waals surface area contributed by atoms with Gasteiger partial charge < -0.3 is 20.1 Å². The van der Waals surface area contributed by atoms with Crippen molar-refractivity contribution >= 4 is 35.9 Å². The molecule has 1 aliphatic rings. The van der Waals surface area contributed by atoms with Crippen LogP contribution in [0, 0.1) is 5.92 Å². The molecule has 0 aromatic heterocycles. The highest BCUT2D eigenvalue weighted by Crippen LogP contribution is 2.19. The van der Waals surface area contributed by atoms with Crippen LogP contribution in [0.3, 0.4) is 0 Å². The van der Waals surface area contributed by atoms with Crippen LogP contribution >= 0.6 is 24.0 Å². The van der Waals surface area contributed by atoms with Gasteiger partial charge in [-0.1, -0.05) is 12.1 Å².